The largest absolute Gasteiger partial charge is 0.495 e. The Hall–Kier alpha value is -2.40. The average molecular weight is 350 g/mol. The van der Waals surface area contributed by atoms with Crippen LogP contribution in [0.25, 0.3) is 0 Å². The van der Waals surface area contributed by atoms with Crippen molar-refractivity contribution in [2.75, 3.05) is 26.1 Å². The molecule has 6 heteroatoms. The van der Waals surface area contributed by atoms with Gasteiger partial charge in [0.25, 0.3) is 5.91 Å². The SMILES string of the molecule is COc1cc(OC)c(NC(=O)COc2cc(C)ccc2C)cc1Cl. The highest BCUT2D eigenvalue weighted by Crippen LogP contribution is 2.35. The molecule has 0 bridgehead atoms. The highest BCUT2D eigenvalue weighted by molar-refractivity contribution is 6.32. The van der Waals surface area contributed by atoms with Gasteiger partial charge in [0.15, 0.2) is 6.61 Å². The van der Waals surface area contributed by atoms with Gasteiger partial charge in [-0.25, -0.2) is 0 Å². The van der Waals surface area contributed by atoms with Gasteiger partial charge < -0.3 is 19.5 Å². The third-order valence-electron chi connectivity index (χ3n) is 3.45. The molecular formula is C18H20ClNO4. The summed E-state index contributed by atoms with van der Waals surface area (Å²) in [4.78, 5) is 12.1. The van der Waals surface area contributed by atoms with Crippen molar-refractivity contribution < 1.29 is 19.0 Å². The van der Waals surface area contributed by atoms with Gasteiger partial charge in [-0.1, -0.05) is 23.7 Å². The van der Waals surface area contributed by atoms with Gasteiger partial charge in [0.2, 0.25) is 0 Å². The van der Waals surface area contributed by atoms with Crippen molar-refractivity contribution in [3.8, 4) is 17.2 Å². The van der Waals surface area contributed by atoms with Crippen LogP contribution in [0.2, 0.25) is 5.02 Å². The molecule has 2 rings (SSSR count). The first-order valence-electron chi connectivity index (χ1n) is 7.36. The van der Waals surface area contributed by atoms with E-state index in [2.05, 4.69) is 5.32 Å². The lowest BCUT2D eigenvalue weighted by Gasteiger charge is -2.14. The van der Waals surface area contributed by atoms with Gasteiger partial charge in [-0.05, 0) is 37.1 Å². The minimum atomic E-state index is -0.310. The smallest absolute Gasteiger partial charge is 0.262 e. The molecule has 0 aliphatic carbocycles. The van der Waals surface area contributed by atoms with E-state index in [-0.39, 0.29) is 12.5 Å². The quantitative estimate of drug-likeness (QED) is 0.856. The maximum absolute atomic E-state index is 12.1. The van der Waals surface area contributed by atoms with Crippen LogP contribution in [0.5, 0.6) is 17.2 Å². The van der Waals surface area contributed by atoms with E-state index in [0.29, 0.717) is 28.0 Å². The number of nitrogens with one attached hydrogen (secondary N) is 1. The van der Waals surface area contributed by atoms with Crippen LogP contribution in [0.4, 0.5) is 5.69 Å². The molecule has 0 saturated carbocycles. The number of carbonyl (C=O) groups excluding carboxylic acids is 1. The molecule has 1 N–H and O–H groups in total. The van der Waals surface area contributed by atoms with Crippen molar-refractivity contribution in [3.05, 3.63) is 46.5 Å². The molecule has 0 aliphatic heterocycles. The molecular weight excluding hydrogens is 330 g/mol. The highest BCUT2D eigenvalue weighted by atomic mass is 35.5. The van der Waals surface area contributed by atoms with Gasteiger partial charge in [0.1, 0.15) is 17.2 Å². The second-order valence-electron chi connectivity index (χ2n) is 5.29. The predicted octanol–water partition coefficient (Wildman–Crippen LogP) is 3.99. The first-order chi connectivity index (χ1) is 11.4. The van der Waals surface area contributed by atoms with Crippen LogP contribution >= 0.6 is 11.6 Å². The number of amides is 1. The van der Waals surface area contributed by atoms with Crippen LogP contribution < -0.4 is 19.5 Å². The fourth-order valence-electron chi connectivity index (χ4n) is 2.15. The Balaban J connectivity index is 2.07. The zero-order valence-corrected chi connectivity index (χ0v) is 14.9. The molecule has 0 saturated heterocycles. The molecule has 0 heterocycles. The summed E-state index contributed by atoms with van der Waals surface area (Å²) in [7, 11) is 3.02. The third-order valence-corrected chi connectivity index (χ3v) is 3.75. The summed E-state index contributed by atoms with van der Waals surface area (Å²) < 4.78 is 16.0. The molecule has 2 aromatic rings. The van der Waals surface area contributed by atoms with E-state index in [4.69, 9.17) is 25.8 Å². The van der Waals surface area contributed by atoms with Crippen molar-refractivity contribution in [1.29, 1.82) is 0 Å². The Kier molecular flexibility index (Phi) is 5.93. The molecule has 0 aliphatic rings. The standard InChI is InChI=1S/C18H20ClNO4/c1-11-5-6-12(2)15(7-11)24-10-18(21)20-14-8-13(19)16(22-3)9-17(14)23-4/h5-9H,10H2,1-4H3,(H,20,21). The number of methoxy groups -OCH3 is 2. The molecule has 2 aromatic carbocycles. The van der Waals surface area contributed by atoms with Crippen LogP contribution in [-0.4, -0.2) is 26.7 Å². The number of rotatable bonds is 6. The van der Waals surface area contributed by atoms with Crippen molar-refractivity contribution in [3.63, 3.8) is 0 Å². The number of hydrogen-bond donors (Lipinski definition) is 1. The summed E-state index contributed by atoms with van der Waals surface area (Å²) in [5.74, 6) is 1.30. The van der Waals surface area contributed by atoms with Gasteiger partial charge >= 0.3 is 0 Å². The van der Waals surface area contributed by atoms with Crippen LogP contribution in [0.1, 0.15) is 11.1 Å². The molecule has 0 atom stereocenters. The van der Waals surface area contributed by atoms with Crippen molar-refractivity contribution in [2.24, 2.45) is 0 Å². The molecule has 24 heavy (non-hydrogen) atoms. The second kappa shape index (κ2) is 7.93. The third kappa shape index (κ3) is 4.32. The lowest BCUT2D eigenvalue weighted by Crippen LogP contribution is -2.20. The van der Waals surface area contributed by atoms with Crippen LogP contribution in [0.3, 0.4) is 0 Å². The molecule has 0 aromatic heterocycles. The zero-order chi connectivity index (χ0) is 17.7. The van der Waals surface area contributed by atoms with Gasteiger partial charge in [-0.2, -0.15) is 0 Å². The fourth-order valence-corrected chi connectivity index (χ4v) is 2.39. The zero-order valence-electron chi connectivity index (χ0n) is 14.1. The van der Waals surface area contributed by atoms with Crippen LogP contribution in [0.15, 0.2) is 30.3 Å². The molecule has 128 valence electrons. The molecule has 0 fully saturated rings. The number of ether oxygens (including phenoxy) is 3. The summed E-state index contributed by atoms with van der Waals surface area (Å²) in [6, 6.07) is 9.04. The topological polar surface area (TPSA) is 56.8 Å². The Morgan fingerprint density at radius 3 is 2.42 bits per heavy atom. The Morgan fingerprint density at radius 1 is 1.04 bits per heavy atom. The predicted molar refractivity (Wildman–Crippen MR) is 94.6 cm³/mol. The number of halogens is 1. The minimum Gasteiger partial charge on any atom is -0.495 e. The number of aryl methyl sites for hydroxylation is 2. The van der Waals surface area contributed by atoms with Gasteiger partial charge in [-0.3, -0.25) is 4.79 Å². The van der Waals surface area contributed by atoms with Gasteiger partial charge in [0, 0.05) is 6.07 Å². The van der Waals surface area contributed by atoms with Crippen molar-refractivity contribution in [1.82, 2.24) is 0 Å². The van der Waals surface area contributed by atoms with Crippen LogP contribution in [-0.2, 0) is 4.79 Å². The van der Waals surface area contributed by atoms with E-state index >= 15 is 0 Å². The average Bonchev–Trinajstić information content (AvgIpc) is 2.56. The maximum Gasteiger partial charge on any atom is 0.262 e. The maximum atomic E-state index is 12.1. The first-order valence-corrected chi connectivity index (χ1v) is 7.73. The number of benzene rings is 2. The minimum absolute atomic E-state index is 0.114. The van der Waals surface area contributed by atoms with Crippen LogP contribution in [0, 0.1) is 13.8 Å². The molecule has 1 amide bonds. The number of carbonyl (C=O) groups is 1. The van der Waals surface area contributed by atoms with E-state index in [9.17, 15) is 4.79 Å². The van der Waals surface area contributed by atoms with E-state index in [1.165, 1.54) is 14.2 Å². The van der Waals surface area contributed by atoms with E-state index in [1.807, 2.05) is 32.0 Å². The normalized spacial score (nSPS) is 10.2. The first kappa shape index (κ1) is 17.9. The lowest BCUT2D eigenvalue weighted by molar-refractivity contribution is -0.118. The summed E-state index contributed by atoms with van der Waals surface area (Å²) in [5.41, 5.74) is 2.50. The highest BCUT2D eigenvalue weighted by Gasteiger charge is 2.13. The summed E-state index contributed by atoms with van der Waals surface area (Å²) in [6.45, 7) is 3.78. The van der Waals surface area contributed by atoms with Crippen molar-refractivity contribution >= 4 is 23.2 Å². The molecule has 0 spiro atoms. The summed E-state index contributed by atoms with van der Waals surface area (Å²) in [5, 5.41) is 3.11. The van der Waals surface area contributed by atoms with Gasteiger partial charge in [-0.15, -0.1) is 0 Å². The van der Waals surface area contributed by atoms with Gasteiger partial charge in [0.05, 0.1) is 24.9 Å². The molecule has 5 nitrogen and oxygen atoms in total. The number of hydrogen-bond acceptors (Lipinski definition) is 4. The number of anilines is 1. The van der Waals surface area contributed by atoms with Crippen molar-refractivity contribution in [2.45, 2.75) is 13.8 Å². The molecule has 0 unspecified atom stereocenters. The van der Waals surface area contributed by atoms with E-state index < -0.39 is 0 Å². The lowest BCUT2D eigenvalue weighted by atomic mass is 10.1. The Bertz CT molecular complexity index is 746. The fraction of sp³-hybridized carbons (Fsp3) is 0.278. The summed E-state index contributed by atoms with van der Waals surface area (Å²) in [6.07, 6.45) is 0. The van der Waals surface area contributed by atoms with E-state index in [0.717, 1.165) is 11.1 Å². The molecule has 0 radical (unpaired) electrons. The second-order valence-corrected chi connectivity index (χ2v) is 5.70. The summed E-state index contributed by atoms with van der Waals surface area (Å²) >= 11 is 6.09. The van der Waals surface area contributed by atoms with E-state index in [1.54, 1.807) is 12.1 Å². The Labute approximate surface area is 146 Å². The monoisotopic (exact) mass is 349 g/mol. The Morgan fingerprint density at radius 2 is 1.75 bits per heavy atom.